The summed E-state index contributed by atoms with van der Waals surface area (Å²) in [5.41, 5.74) is 6.56. The van der Waals surface area contributed by atoms with E-state index in [1.807, 2.05) is 6.07 Å². The highest BCUT2D eigenvalue weighted by atomic mass is 16.2. The number of primary amides is 1. The minimum atomic E-state index is -0.582. The second-order valence-corrected chi connectivity index (χ2v) is 3.10. The van der Waals surface area contributed by atoms with E-state index in [0.29, 0.717) is 11.6 Å². The standard InChI is InChI=1S/C10H12N2O/c1-7(2)8-3-5-9(6-4-8)12-10(11)13/h3,5,7H,1-2H3,(H3,11,12,13). The summed E-state index contributed by atoms with van der Waals surface area (Å²) in [5, 5.41) is 2.42. The zero-order valence-corrected chi connectivity index (χ0v) is 7.72. The van der Waals surface area contributed by atoms with E-state index in [0.717, 1.165) is 5.56 Å². The largest absolute Gasteiger partial charge is 0.351 e. The molecule has 0 unspecified atom stereocenters. The van der Waals surface area contributed by atoms with E-state index in [2.05, 4.69) is 31.3 Å². The Labute approximate surface area is 77.9 Å². The second-order valence-electron chi connectivity index (χ2n) is 3.10. The normalized spacial score (nSPS) is 9.46. The SMILES string of the molecule is CC(C)c1c#cc(NC(N)=O)cc1. The van der Waals surface area contributed by atoms with Crippen molar-refractivity contribution in [2.75, 3.05) is 5.32 Å². The molecule has 3 N–H and O–H groups in total. The molecule has 0 saturated heterocycles. The van der Waals surface area contributed by atoms with Crippen LogP contribution in [0.1, 0.15) is 25.3 Å². The summed E-state index contributed by atoms with van der Waals surface area (Å²) in [5.74, 6) is 0.416. The van der Waals surface area contributed by atoms with Gasteiger partial charge in [0.2, 0.25) is 0 Å². The quantitative estimate of drug-likeness (QED) is 0.710. The molecule has 0 spiro atoms. The van der Waals surface area contributed by atoms with Crippen LogP contribution in [0.25, 0.3) is 0 Å². The molecule has 1 aromatic carbocycles. The van der Waals surface area contributed by atoms with Gasteiger partial charge in [0.05, 0.1) is 5.69 Å². The van der Waals surface area contributed by atoms with Crippen LogP contribution in [-0.4, -0.2) is 6.03 Å². The number of anilines is 1. The number of hydrogen-bond donors (Lipinski definition) is 2. The first-order chi connectivity index (χ1) is 6.09. The summed E-state index contributed by atoms with van der Waals surface area (Å²) in [4.78, 5) is 10.5. The molecule has 0 aliphatic heterocycles. The van der Waals surface area contributed by atoms with Crippen molar-refractivity contribution in [2.24, 2.45) is 5.73 Å². The lowest BCUT2D eigenvalue weighted by atomic mass is 10.1. The fourth-order valence-corrected chi connectivity index (χ4v) is 0.938. The van der Waals surface area contributed by atoms with Gasteiger partial charge in [-0.25, -0.2) is 4.79 Å². The molecule has 0 aliphatic carbocycles. The highest BCUT2D eigenvalue weighted by Crippen LogP contribution is 2.12. The van der Waals surface area contributed by atoms with Gasteiger partial charge in [-0.2, -0.15) is 0 Å². The van der Waals surface area contributed by atoms with Crippen molar-refractivity contribution in [1.82, 2.24) is 0 Å². The lowest BCUT2D eigenvalue weighted by Crippen LogP contribution is -2.18. The van der Waals surface area contributed by atoms with Gasteiger partial charge in [0.25, 0.3) is 0 Å². The molecular weight excluding hydrogens is 164 g/mol. The average molecular weight is 176 g/mol. The Balaban J connectivity index is 2.75. The summed E-state index contributed by atoms with van der Waals surface area (Å²) >= 11 is 0. The van der Waals surface area contributed by atoms with Crippen LogP contribution in [0.4, 0.5) is 10.5 Å². The number of nitrogens with one attached hydrogen (secondary N) is 1. The predicted octanol–water partition coefficient (Wildman–Crippen LogP) is 1.90. The molecule has 0 atom stereocenters. The van der Waals surface area contributed by atoms with Gasteiger partial charge < -0.3 is 11.1 Å². The number of nitrogens with two attached hydrogens (primary N) is 1. The van der Waals surface area contributed by atoms with Crippen LogP contribution in [0.3, 0.4) is 0 Å². The lowest BCUT2D eigenvalue weighted by Gasteiger charge is -2.01. The molecule has 1 aromatic rings. The minimum absolute atomic E-state index is 0.416. The van der Waals surface area contributed by atoms with Gasteiger partial charge in [0, 0.05) is 5.56 Å². The van der Waals surface area contributed by atoms with E-state index in [-0.39, 0.29) is 0 Å². The van der Waals surface area contributed by atoms with E-state index in [4.69, 9.17) is 5.73 Å². The van der Waals surface area contributed by atoms with Gasteiger partial charge in [-0.1, -0.05) is 19.9 Å². The Morgan fingerprint density at radius 3 is 2.54 bits per heavy atom. The molecule has 0 heterocycles. The highest BCUT2D eigenvalue weighted by Gasteiger charge is 1.98. The molecule has 0 fully saturated rings. The molecule has 1 rings (SSSR count). The monoisotopic (exact) mass is 176 g/mol. The number of carbonyl (C=O) groups excluding carboxylic acids is 1. The van der Waals surface area contributed by atoms with Gasteiger partial charge in [0.15, 0.2) is 0 Å². The van der Waals surface area contributed by atoms with Crippen LogP contribution in [0, 0.1) is 12.1 Å². The first kappa shape index (κ1) is 9.40. The molecule has 0 saturated carbocycles. The lowest BCUT2D eigenvalue weighted by molar-refractivity contribution is 0.259. The van der Waals surface area contributed by atoms with Gasteiger partial charge >= 0.3 is 6.03 Å². The molecule has 0 aliphatic rings. The molecule has 0 radical (unpaired) electrons. The fraction of sp³-hybridized carbons (Fsp3) is 0.300. The molecule has 0 bridgehead atoms. The van der Waals surface area contributed by atoms with Crippen LogP contribution in [0.15, 0.2) is 12.1 Å². The smallest absolute Gasteiger partial charge is 0.317 e. The van der Waals surface area contributed by atoms with Crippen molar-refractivity contribution < 1.29 is 4.79 Å². The zero-order chi connectivity index (χ0) is 9.84. The van der Waals surface area contributed by atoms with Crippen LogP contribution in [-0.2, 0) is 0 Å². The van der Waals surface area contributed by atoms with E-state index >= 15 is 0 Å². The third kappa shape index (κ3) is 2.68. The van der Waals surface area contributed by atoms with Gasteiger partial charge in [0.1, 0.15) is 0 Å². The van der Waals surface area contributed by atoms with Gasteiger partial charge in [-0.3, -0.25) is 0 Å². The van der Waals surface area contributed by atoms with Crippen LogP contribution in [0.5, 0.6) is 0 Å². The average Bonchev–Trinajstić information content (AvgIpc) is 2.04. The fourth-order valence-electron chi connectivity index (χ4n) is 0.938. The summed E-state index contributed by atoms with van der Waals surface area (Å²) in [7, 11) is 0. The van der Waals surface area contributed by atoms with Gasteiger partial charge in [-0.05, 0) is 24.1 Å². The predicted molar refractivity (Wildman–Crippen MR) is 51.4 cm³/mol. The van der Waals surface area contributed by atoms with Crippen LogP contribution in [0.2, 0.25) is 0 Å². The molecule has 0 aromatic heterocycles. The molecule has 3 heteroatoms. The topological polar surface area (TPSA) is 55.1 Å². The summed E-state index contributed by atoms with van der Waals surface area (Å²) < 4.78 is 0. The molecule has 68 valence electrons. The Kier molecular flexibility index (Phi) is 2.76. The second kappa shape index (κ2) is 3.81. The van der Waals surface area contributed by atoms with Crippen molar-refractivity contribution in [3.8, 4) is 0 Å². The summed E-state index contributed by atoms with van der Waals surface area (Å²) in [6, 6.07) is 8.83. The maximum atomic E-state index is 10.5. The first-order valence-corrected chi connectivity index (χ1v) is 4.10. The number of rotatable bonds is 2. The van der Waals surface area contributed by atoms with Crippen molar-refractivity contribution in [3.63, 3.8) is 0 Å². The first-order valence-electron chi connectivity index (χ1n) is 4.10. The maximum absolute atomic E-state index is 10.5. The van der Waals surface area contributed by atoms with E-state index < -0.39 is 6.03 Å². The number of hydrogen-bond acceptors (Lipinski definition) is 1. The van der Waals surface area contributed by atoms with Crippen LogP contribution >= 0.6 is 0 Å². The van der Waals surface area contributed by atoms with Crippen molar-refractivity contribution in [1.29, 1.82) is 0 Å². The van der Waals surface area contributed by atoms with Crippen molar-refractivity contribution >= 4 is 11.7 Å². The van der Waals surface area contributed by atoms with E-state index in [9.17, 15) is 4.79 Å². The van der Waals surface area contributed by atoms with Crippen molar-refractivity contribution in [3.05, 3.63) is 29.8 Å². The number of carbonyl (C=O) groups is 1. The van der Waals surface area contributed by atoms with Crippen LogP contribution < -0.4 is 11.1 Å². The van der Waals surface area contributed by atoms with Gasteiger partial charge in [-0.15, -0.1) is 0 Å². The van der Waals surface area contributed by atoms with Crippen molar-refractivity contribution in [2.45, 2.75) is 19.8 Å². The minimum Gasteiger partial charge on any atom is -0.351 e. The summed E-state index contributed by atoms with van der Waals surface area (Å²) in [6.45, 7) is 4.14. The highest BCUT2D eigenvalue weighted by molar-refractivity contribution is 5.87. The zero-order valence-electron chi connectivity index (χ0n) is 7.72. The third-order valence-corrected chi connectivity index (χ3v) is 1.65. The number of amides is 2. The Bertz CT molecular complexity index is 290. The number of urea groups is 1. The molecule has 13 heavy (non-hydrogen) atoms. The summed E-state index contributed by atoms with van der Waals surface area (Å²) in [6.07, 6.45) is 0. The molecule has 3 nitrogen and oxygen atoms in total. The molecule has 2 amide bonds. The van der Waals surface area contributed by atoms with E-state index in [1.165, 1.54) is 0 Å². The molecular formula is C10H12N2O. The Morgan fingerprint density at radius 1 is 1.46 bits per heavy atom. The third-order valence-electron chi connectivity index (χ3n) is 1.65. The Morgan fingerprint density at radius 2 is 2.15 bits per heavy atom. The van der Waals surface area contributed by atoms with E-state index in [1.54, 1.807) is 6.07 Å². The maximum Gasteiger partial charge on any atom is 0.317 e. The Hall–Kier alpha value is -1.69.